The second-order valence-electron chi connectivity index (χ2n) is 4.40. The second-order valence-corrected chi connectivity index (χ2v) is 6.22. The maximum atomic E-state index is 12.1. The van der Waals surface area contributed by atoms with Crippen molar-refractivity contribution in [3.05, 3.63) is 42.2 Å². The van der Waals surface area contributed by atoms with Crippen molar-refractivity contribution in [1.82, 2.24) is 14.9 Å². The molecule has 0 aliphatic heterocycles. The molecule has 3 aromatic rings. The van der Waals surface area contributed by atoms with Crippen molar-refractivity contribution >= 4 is 32.7 Å². The Kier molecular flexibility index (Phi) is 3.43. The van der Waals surface area contributed by atoms with E-state index >= 15 is 0 Å². The number of fused-ring (bicyclic) bond motifs is 1. The lowest BCUT2D eigenvalue weighted by atomic mass is 10.2. The number of hydrogen-bond acceptors (Lipinski definition) is 5. The number of hydrogen-bond donors (Lipinski definition) is 3. The van der Waals surface area contributed by atoms with Gasteiger partial charge < -0.3 is 9.73 Å². The molecule has 0 unspecified atom stereocenters. The van der Waals surface area contributed by atoms with Crippen molar-refractivity contribution in [2.24, 2.45) is 0 Å². The predicted molar refractivity (Wildman–Crippen MR) is 79.0 cm³/mol. The van der Waals surface area contributed by atoms with Gasteiger partial charge in [0, 0.05) is 5.39 Å². The minimum atomic E-state index is -3.73. The summed E-state index contributed by atoms with van der Waals surface area (Å²) in [4.78, 5) is 12.1. The van der Waals surface area contributed by atoms with Crippen LogP contribution in [0, 0.1) is 0 Å². The number of amides is 1. The fraction of sp³-hybridized carbons (Fsp3) is 0.0769. The molecule has 0 saturated heterocycles. The van der Waals surface area contributed by atoms with Gasteiger partial charge in [-0.15, -0.1) is 0 Å². The Bertz CT molecular complexity index is 942. The summed E-state index contributed by atoms with van der Waals surface area (Å²) in [6.45, 7) is 0. The molecule has 2 aromatic heterocycles. The van der Waals surface area contributed by atoms with Crippen LogP contribution >= 0.6 is 0 Å². The van der Waals surface area contributed by atoms with Gasteiger partial charge in [-0.25, -0.2) is 13.1 Å². The second kappa shape index (κ2) is 5.28. The summed E-state index contributed by atoms with van der Waals surface area (Å²) in [6.07, 6.45) is 0. The zero-order chi connectivity index (χ0) is 15.7. The number of nitrogens with one attached hydrogen (secondary N) is 3. The number of aromatic nitrogens is 2. The number of nitrogens with zero attached hydrogens (tertiary/aromatic N) is 1. The number of anilines is 1. The van der Waals surface area contributed by atoms with E-state index < -0.39 is 15.9 Å². The molecule has 3 N–H and O–H groups in total. The van der Waals surface area contributed by atoms with Crippen molar-refractivity contribution < 1.29 is 17.6 Å². The van der Waals surface area contributed by atoms with Crippen molar-refractivity contribution in [2.75, 3.05) is 12.4 Å². The van der Waals surface area contributed by atoms with Gasteiger partial charge in [0.15, 0.2) is 11.6 Å². The van der Waals surface area contributed by atoms with Gasteiger partial charge in [0.25, 0.3) is 15.9 Å². The number of benzene rings is 1. The summed E-state index contributed by atoms with van der Waals surface area (Å²) in [5.41, 5.74) is 0.774. The van der Waals surface area contributed by atoms with Gasteiger partial charge in [-0.05, 0) is 31.3 Å². The van der Waals surface area contributed by atoms with Crippen LogP contribution in [0.4, 0.5) is 5.82 Å². The first-order valence-electron chi connectivity index (χ1n) is 6.29. The van der Waals surface area contributed by atoms with Gasteiger partial charge in [-0.3, -0.25) is 9.89 Å². The van der Waals surface area contributed by atoms with E-state index in [0.29, 0.717) is 5.82 Å². The lowest BCUT2D eigenvalue weighted by Gasteiger charge is -2.00. The number of sulfonamides is 1. The van der Waals surface area contributed by atoms with Crippen LogP contribution in [0.15, 0.2) is 45.9 Å². The van der Waals surface area contributed by atoms with Gasteiger partial charge in [0.1, 0.15) is 0 Å². The molecule has 2 heterocycles. The number of carbonyl (C=O) groups excluding carboxylic acids is 1. The van der Waals surface area contributed by atoms with Gasteiger partial charge in [-0.2, -0.15) is 5.10 Å². The maximum Gasteiger partial charge on any atom is 0.292 e. The number of aromatic amines is 1. The normalized spacial score (nSPS) is 11.7. The molecule has 1 amide bonds. The van der Waals surface area contributed by atoms with Crippen molar-refractivity contribution in [3.8, 4) is 0 Å². The summed E-state index contributed by atoms with van der Waals surface area (Å²) in [5, 5.41) is 9.77. The molecule has 0 spiro atoms. The van der Waals surface area contributed by atoms with Crippen LogP contribution in [0.3, 0.4) is 0 Å². The SMILES string of the molecule is CNS(=O)(=O)c1ccc(C(=O)Nc2n[nH]c3ccccc23)o1. The van der Waals surface area contributed by atoms with Crippen molar-refractivity contribution in [3.63, 3.8) is 0 Å². The largest absolute Gasteiger partial charge is 0.438 e. The molecule has 0 bridgehead atoms. The van der Waals surface area contributed by atoms with E-state index in [1.54, 1.807) is 6.07 Å². The minimum Gasteiger partial charge on any atom is -0.438 e. The first kappa shape index (κ1) is 14.3. The van der Waals surface area contributed by atoms with Crippen LogP contribution in [0.2, 0.25) is 0 Å². The molecule has 0 fully saturated rings. The number of furan rings is 1. The lowest BCUT2D eigenvalue weighted by molar-refractivity contribution is 0.0991. The van der Waals surface area contributed by atoms with E-state index in [2.05, 4.69) is 20.2 Å². The Labute approximate surface area is 125 Å². The maximum absolute atomic E-state index is 12.1. The quantitative estimate of drug-likeness (QED) is 0.670. The molecular weight excluding hydrogens is 308 g/mol. The predicted octanol–water partition coefficient (Wildman–Crippen LogP) is 1.32. The lowest BCUT2D eigenvalue weighted by Crippen LogP contribution is -2.18. The van der Waals surface area contributed by atoms with Crippen LogP contribution in [0.1, 0.15) is 10.6 Å². The van der Waals surface area contributed by atoms with E-state index in [1.807, 2.05) is 18.2 Å². The van der Waals surface area contributed by atoms with E-state index in [-0.39, 0.29) is 10.9 Å². The number of H-pyrrole nitrogens is 1. The Hall–Kier alpha value is -2.65. The first-order chi connectivity index (χ1) is 10.5. The van der Waals surface area contributed by atoms with Crippen LogP contribution < -0.4 is 10.0 Å². The molecule has 9 heteroatoms. The Morgan fingerprint density at radius 3 is 2.77 bits per heavy atom. The van der Waals surface area contributed by atoms with Crippen LogP contribution in [-0.4, -0.2) is 31.6 Å². The summed E-state index contributed by atoms with van der Waals surface area (Å²) >= 11 is 0. The fourth-order valence-corrected chi connectivity index (χ4v) is 2.56. The van der Waals surface area contributed by atoms with Crippen LogP contribution in [-0.2, 0) is 10.0 Å². The fourth-order valence-electron chi connectivity index (χ4n) is 1.92. The van der Waals surface area contributed by atoms with E-state index in [0.717, 1.165) is 10.9 Å². The highest BCUT2D eigenvalue weighted by Crippen LogP contribution is 2.21. The third kappa shape index (κ3) is 2.47. The average molecular weight is 320 g/mol. The number of para-hydroxylation sites is 1. The summed E-state index contributed by atoms with van der Waals surface area (Å²) in [6, 6.07) is 9.78. The van der Waals surface area contributed by atoms with E-state index in [9.17, 15) is 13.2 Å². The zero-order valence-corrected chi connectivity index (χ0v) is 12.3. The molecule has 3 rings (SSSR count). The first-order valence-corrected chi connectivity index (χ1v) is 7.77. The highest BCUT2D eigenvalue weighted by Gasteiger charge is 2.20. The Morgan fingerprint density at radius 2 is 2.00 bits per heavy atom. The molecule has 0 aliphatic rings. The van der Waals surface area contributed by atoms with Crippen molar-refractivity contribution in [2.45, 2.75) is 5.09 Å². The van der Waals surface area contributed by atoms with E-state index in [4.69, 9.17) is 4.42 Å². The minimum absolute atomic E-state index is 0.124. The number of rotatable bonds is 4. The summed E-state index contributed by atoms with van der Waals surface area (Å²) in [5.74, 6) is -0.370. The van der Waals surface area contributed by atoms with Crippen LogP contribution in [0.5, 0.6) is 0 Å². The van der Waals surface area contributed by atoms with Gasteiger partial charge in [0.2, 0.25) is 5.09 Å². The molecule has 114 valence electrons. The monoisotopic (exact) mass is 320 g/mol. The highest BCUT2D eigenvalue weighted by atomic mass is 32.2. The Balaban J connectivity index is 1.86. The smallest absolute Gasteiger partial charge is 0.292 e. The average Bonchev–Trinajstić information content (AvgIpc) is 3.15. The summed E-state index contributed by atoms with van der Waals surface area (Å²) in [7, 11) is -2.47. The standard InChI is InChI=1S/C13H12N4O4S/c1-14-22(19,20)11-7-6-10(21-11)13(18)15-12-8-4-2-3-5-9(8)16-17-12/h2-7,14H,1H3,(H2,15,16,17,18). The van der Waals surface area contributed by atoms with Crippen molar-refractivity contribution in [1.29, 1.82) is 0 Å². The third-order valence-electron chi connectivity index (χ3n) is 3.04. The number of carbonyl (C=O) groups is 1. The van der Waals surface area contributed by atoms with Crippen LogP contribution in [0.25, 0.3) is 10.9 Å². The molecular formula is C13H12N4O4S. The molecule has 0 aliphatic carbocycles. The molecule has 8 nitrogen and oxygen atoms in total. The summed E-state index contributed by atoms with van der Waals surface area (Å²) < 4.78 is 30.3. The highest BCUT2D eigenvalue weighted by molar-refractivity contribution is 7.89. The molecule has 0 atom stereocenters. The zero-order valence-electron chi connectivity index (χ0n) is 11.5. The molecule has 1 aromatic carbocycles. The molecule has 0 saturated carbocycles. The Morgan fingerprint density at radius 1 is 1.23 bits per heavy atom. The third-order valence-corrected chi connectivity index (χ3v) is 4.33. The van der Waals surface area contributed by atoms with E-state index in [1.165, 1.54) is 19.2 Å². The van der Waals surface area contributed by atoms with Gasteiger partial charge in [0.05, 0.1) is 5.52 Å². The van der Waals surface area contributed by atoms with Gasteiger partial charge in [-0.1, -0.05) is 12.1 Å². The molecule has 22 heavy (non-hydrogen) atoms. The molecule has 0 radical (unpaired) electrons. The van der Waals surface area contributed by atoms with Gasteiger partial charge >= 0.3 is 0 Å². The topological polar surface area (TPSA) is 117 Å².